The van der Waals surface area contributed by atoms with Gasteiger partial charge in [-0.3, -0.25) is 0 Å². The zero-order valence-electron chi connectivity index (χ0n) is 12.2. The number of rotatable bonds is 5. The molecule has 0 saturated heterocycles. The highest BCUT2D eigenvalue weighted by molar-refractivity contribution is 7.99. The number of aryl methyl sites for hydroxylation is 2. The Morgan fingerprint density at radius 3 is 2.60 bits per heavy atom. The summed E-state index contributed by atoms with van der Waals surface area (Å²) in [6.45, 7) is 8.21. The van der Waals surface area contributed by atoms with E-state index in [1.54, 1.807) is 0 Å². The van der Waals surface area contributed by atoms with E-state index < -0.39 is 0 Å². The van der Waals surface area contributed by atoms with E-state index in [-0.39, 0.29) is 0 Å². The predicted octanol–water partition coefficient (Wildman–Crippen LogP) is 5.22. The molecule has 0 radical (unpaired) electrons. The lowest BCUT2D eigenvalue weighted by Crippen LogP contribution is -2.12. The van der Waals surface area contributed by atoms with Crippen LogP contribution in [0.4, 0.5) is 0 Å². The van der Waals surface area contributed by atoms with Gasteiger partial charge < -0.3 is 5.32 Å². The Balaban J connectivity index is 2.30. The smallest absolute Gasteiger partial charge is 0.0410 e. The first-order valence-electron chi connectivity index (χ1n) is 6.84. The summed E-state index contributed by atoms with van der Waals surface area (Å²) in [5, 5.41) is 4.17. The van der Waals surface area contributed by atoms with Crippen molar-refractivity contribution in [2.75, 3.05) is 6.54 Å². The third kappa shape index (κ3) is 4.02. The van der Waals surface area contributed by atoms with Gasteiger partial charge in [-0.1, -0.05) is 42.4 Å². The number of benzene rings is 2. The molecular formula is C17H20ClNS. The summed E-state index contributed by atoms with van der Waals surface area (Å²) in [7, 11) is 0. The second kappa shape index (κ2) is 7.16. The highest BCUT2D eigenvalue weighted by Crippen LogP contribution is 2.34. The van der Waals surface area contributed by atoms with Crippen LogP contribution >= 0.6 is 23.4 Å². The van der Waals surface area contributed by atoms with E-state index in [1.165, 1.54) is 26.5 Å². The Bertz CT molecular complexity index is 596. The summed E-state index contributed by atoms with van der Waals surface area (Å²) in [5.74, 6) is 0. The maximum atomic E-state index is 6.12. The van der Waals surface area contributed by atoms with Crippen molar-refractivity contribution in [3.05, 3.63) is 58.1 Å². The normalized spacial score (nSPS) is 10.8. The first kappa shape index (κ1) is 15.4. The summed E-state index contributed by atoms with van der Waals surface area (Å²) in [6, 6.07) is 12.7. The van der Waals surface area contributed by atoms with Crippen molar-refractivity contribution in [1.82, 2.24) is 5.32 Å². The Morgan fingerprint density at radius 2 is 1.85 bits per heavy atom. The third-order valence-corrected chi connectivity index (χ3v) is 4.66. The molecule has 0 heterocycles. The molecule has 20 heavy (non-hydrogen) atoms. The van der Waals surface area contributed by atoms with Gasteiger partial charge in [-0.05, 0) is 61.3 Å². The maximum Gasteiger partial charge on any atom is 0.0410 e. The van der Waals surface area contributed by atoms with Gasteiger partial charge in [0.25, 0.3) is 0 Å². The Morgan fingerprint density at radius 1 is 1.05 bits per heavy atom. The second-order valence-corrected chi connectivity index (χ2v) is 6.42. The zero-order valence-corrected chi connectivity index (χ0v) is 13.7. The van der Waals surface area contributed by atoms with Crippen LogP contribution in [0.2, 0.25) is 5.02 Å². The molecule has 2 rings (SSSR count). The summed E-state index contributed by atoms with van der Waals surface area (Å²) < 4.78 is 0. The van der Waals surface area contributed by atoms with Crippen molar-refractivity contribution in [2.24, 2.45) is 0 Å². The Hall–Kier alpha value is -0.960. The average Bonchev–Trinajstić information content (AvgIpc) is 2.43. The van der Waals surface area contributed by atoms with Gasteiger partial charge in [-0.15, -0.1) is 0 Å². The van der Waals surface area contributed by atoms with E-state index >= 15 is 0 Å². The van der Waals surface area contributed by atoms with Gasteiger partial charge in [0.15, 0.2) is 0 Å². The van der Waals surface area contributed by atoms with Crippen LogP contribution in [0, 0.1) is 13.8 Å². The van der Waals surface area contributed by atoms with Crippen LogP contribution in [0.15, 0.2) is 46.2 Å². The number of nitrogens with one attached hydrogen (secondary N) is 1. The van der Waals surface area contributed by atoms with Gasteiger partial charge in [-0.25, -0.2) is 0 Å². The van der Waals surface area contributed by atoms with E-state index in [0.29, 0.717) is 0 Å². The molecule has 1 N–H and O–H groups in total. The fraction of sp³-hybridized carbons (Fsp3) is 0.294. The molecule has 106 valence electrons. The van der Waals surface area contributed by atoms with Gasteiger partial charge in [0, 0.05) is 21.4 Å². The molecule has 0 atom stereocenters. The standard InChI is InChI=1S/C17H20ClNS/c1-4-19-11-14-10-15(18)7-8-16(14)20-17-9-12(2)5-6-13(17)3/h5-10,19H,4,11H2,1-3H3. The summed E-state index contributed by atoms with van der Waals surface area (Å²) in [5.41, 5.74) is 3.86. The lowest BCUT2D eigenvalue weighted by molar-refractivity contribution is 0.718. The zero-order chi connectivity index (χ0) is 14.5. The van der Waals surface area contributed by atoms with Gasteiger partial charge in [-0.2, -0.15) is 0 Å². The molecule has 0 spiro atoms. The minimum absolute atomic E-state index is 0.795. The quantitative estimate of drug-likeness (QED) is 0.813. The fourth-order valence-corrected chi connectivity index (χ4v) is 3.28. The maximum absolute atomic E-state index is 6.12. The summed E-state index contributed by atoms with van der Waals surface area (Å²) in [6.07, 6.45) is 0. The van der Waals surface area contributed by atoms with Gasteiger partial charge in [0.1, 0.15) is 0 Å². The van der Waals surface area contributed by atoms with Crippen LogP contribution in [0.25, 0.3) is 0 Å². The SMILES string of the molecule is CCNCc1cc(Cl)ccc1Sc1cc(C)ccc1C. The average molecular weight is 306 g/mol. The summed E-state index contributed by atoms with van der Waals surface area (Å²) in [4.78, 5) is 2.58. The molecule has 3 heteroatoms. The van der Waals surface area contributed by atoms with E-state index in [4.69, 9.17) is 11.6 Å². The van der Waals surface area contributed by atoms with Gasteiger partial charge in [0.2, 0.25) is 0 Å². The molecule has 0 aliphatic heterocycles. The molecule has 1 nitrogen and oxygen atoms in total. The molecule has 0 aromatic heterocycles. The molecule has 0 amide bonds. The summed E-state index contributed by atoms with van der Waals surface area (Å²) >= 11 is 7.93. The van der Waals surface area contributed by atoms with Crippen LogP contribution in [-0.2, 0) is 6.54 Å². The predicted molar refractivity (Wildman–Crippen MR) is 88.9 cm³/mol. The molecular weight excluding hydrogens is 286 g/mol. The van der Waals surface area contributed by atoms with Gasteiger partial charge in [0.05, 0.1) is 0 Å². The lowest BCUT2D eigenvalue weighted by Gasteiger charge is -2.12. The van der Waals surface area contributed by atoms with Crippen molar-refractivity contribution in [3.63, 3.8) is 0 Å². The monoisotopic (exact) mass is 305 g/mol. The molecule has 0 aliphatic rings. The molecule has 0 saturated carbocycles. The Kier molecular flexibility index (Phi) is 5.53. The van der Waals surface area contributed by atoms with Crippen LogP contribution in [0.3, 0.4) is 0 Å². The van der Waals surface area contributed by atoms with Crippen molar-refractivity contribution in [3.8, 4) is 0 Å². The number of hydrogen-bond donors (Lipinski definition) is 1. The highest BCUT2D eigenvalue weighted by atomic mass is 35.5. The van der Waals surface area contributed by atoms with Gasteiger partial charge >= 0.3 is 0 Å². The number of halogens is 1. The molecule has 0 bridgehead atoms. The van der Waals surface area contributed by atoms with E-state index in [1.807, 2.05) is 17.8 Å². The van der Waals surface area contributed by atoms with Crippen LogP contribution < -0.4 is 5.32 Å². The largest absolute Gasteiger partial charge is 0.313 e. The van der Waals surface area contributed by atoms with E-state index in [0.717, 1.165) is 18.1 Å². The molecule has 0 unspecified atom stereocenters. The fourth-order valence-electron chi connectivity index (χ4n) is 1.98. The minimum Gasteiger partial charge on any atom is -0.313 e. The van der Waals surface area contributed by atoms with E-state index in [2.05, 4.69) is 56.4 Å². The van der Waals surface area contributed by atoms with Crippen LogP contribution in [0.1, 0.15) is 23.6 Å². The third-order valence-electron chi connectivity index (χ3n) is 3.15. The molecule has 2 aromatic carbocycles. The van der Waals surface area contributed by atoms with E-state index in [9.17, 15) is 0 Å². The Labute approximate surface area is 130 Å². The highest BCUT2D eigenvalue weighted by Gasteiger charge is 2.07. The van der Waals surface area contributed by atoms with Crippen molar-refractivity contribution in [1.29, 1.82) is 0 Å². The van der Waals surface area contributed by atoms with Crippen molar-refractivity contribution >= 4 is 23.4 Å². The second-order valence-electron chi connectivity index (χ2n) is 4.90. The first-order chi connectivity index (χ1) is 9.60. The molecule has 0 aliphatic carbocycles. The van der Waals surface area contributed by atoms with Crippen LogP contribution in [0.5, 0.6) is 0 Å². The molecule has 0 fully saturated rings. The minimum atomic E-state index is 0.795. The number of hydrogen-bond acceptors (Lipinski definition) is 2. The lowest BCUT2D eigenvalue weighted by atomic mass is 10.2. The molecule has 2 aromatic rings. The van der Waals surface area contributed by atoms with Crippen LogP contribution in [-0.4, -0.2) is 6.54 Å². The topological polar surface area (TPSA) is 12.0 Å². The first-order valence-corrected chi connectivity index (χ1v) is 8.04. The van der Waals surface area contributed by atoms with Crippen molar-refractivity contribution in [2.45, 2.75) is 37.1 Å². The van der Waals surface area contributed by atoms with Crippen molar-refractivity contribution < 1.29 is 0 Å².